The normalized spacial score (nSPS) is 14.5. The Labute approximate surface area is 128 Å². The van der Waals surface area contributed by atoms with E-state index < -0.39 is 5.97 Å². The SMILES string of the molecule is O=C(O)CC1=C(c2ccc(-c3ccncc3)cc2)CCC1=O. The van der Waals surface area contributed by atoms with Gasteiger partial charge >= 0.3 is 5.97 Å². The lowest BCUT2D eigenvalue weighted by Crippen LogP contribution is -2.04. The number of benzene rings is 1. The third-order valence-corrected chi connectivity index (χ3v) is 3.88. The van der Waals surface area contributed by atoms with Crippen molar-refractivity contribution < 1.29 is 14.7 Å². The highest BCUT2D eigenvalue weighted by atomic mass is 16.4. The Kier molecular flexibility index (Phi) is 3.83. The molecule has 0 saturated heterocycles. The summed E-state index contributed by atoms with van der Waals surface area (Å²) in [4.78, 5) is 26.8. The molecule has 1 heterocycles. The molecule has 0 fully saturated rings. The van der Waals surface area contributed by atoms with Gasteiger partial charge in [0.2, 0.25) is 0 Å². The molecular formula is C18H15NO3. The minimum atomic E-state index is -0.962. The molecule has 110 valence electrons. The molecule has 1 aliphatic carbocycles. The van der Waals surface area contributed by atoms with E-state index in [1.165, 1.54) is 0 Å². The van der Waals surface area contributed by atoms with Gasteiger partial charge in [-0.3, -0.25) is 14.6 Å². The van der Waals surface area contributed by atoms with Crippen LogP contribution in [0.5, 0.6) is 0 Å². The van der Waals surface area contributed by atoms with Crippen LogP contribution < -0.4 is 0 Å². The van der Waals surface area contributed by atoms with Crippen molar-refractivity contribution in [3.8, 4) is 11.1 Å². The van der Waals surface area contributed by atoms with E-state index in [1.807, 2.05) is 36.4 Å². The molecule has 22 heavy (non-hydrogen) atoms. The highest BCUT2D eigenvalue weighted by Gasteiger charge is 2.25. The molecule has 1 N–H and O–H groups in total. The van der Waals surface area contributed by atoms with E-state index in [2.05, 4.69) is 4.98 Å². The van der Waals surface area contributed by atoms with Crippen molar-refractivity contribution in [2.24, 2.45) is 0 Å². The van der Waals surface area contributed by atoms with E-state index >= 15 is 0 Å². The van der Waals surface area contributed by atoms with Crippen LogP contribution >= 0.6 is 0 Å². The van der Waals surface area contributed by atoms with Gasteiger partial charge in [-0.25, -0.2) is 0 Å². The number of pyridine rings is 1. The monoisotopic (exact) mass is 293 g/mol. The number of carbonyl (C=O) groups excluding carboxylic acids is 1. The van der Waals surface area contributed by atoms with Gasteiger partial charge in [-0.1, -0.05) is 24.3 Å². The van der Waals surface area contributed by atoms with E-state index in [0.717, 1.165) is 22.3 Å². The number of carboxylic acids is 1. The summed E-state index contributed by atoms with van der Waals surface area (Å²) in [6.45, 7) is 0. The van der Waals surface area contributed by atoms with E-state index in [1.54, 1.807) is 12.4 Å². The molecule has 4 heteroatoms. The van der Waals surface area contributed by atoms with Gasteiger partial charge in [0.05, 0.1) is 6.42 Å². The number of allylic oxidation sites excluding steroid dienone is 1. The number of aliphatic carboxylic acids is 1. The molecule has 0 atom stereocenters. The summed E-state index contributed by atoms with van der Waals surface area (Å²) in [5, 5.41) is 8.96. The van der Waals surface area contributed by atoms with Gasteiger partial charge in [0.15, 0.2) is 5.78 Å². The summed E-state index contributed by atoms with van der Waals surface area (Å²) < 4.78 is 0. The second-order valence-electron chi connectivity index (χ2n) is 5.26. The number of rotatable bonds is 4. The smallest absolute Gasteiger partial charge is 0.307 e. The molecule has 0 spiro atoms. The summed E-state index contributed by atoms with van der Waals surface area (Å²) in [7, 11) is 0. The molecule has 0 saturated carbocycles. The molecule has 3 rings (SSSR count). The Hall–Kier alpha value is -2.75. The summed E-state index contributed by atoms with van der Waals surface area (Å²) in [6, 6.07) is 11.7. The summed E-state index contributed by atoms with van der Waals surface area (Å²) >= 11 is 0. The van der Waals surface area contributed by atoms with Gasteiger partial charge in [0.25, 0.3) is 0 Å². The van der Waals surface area contributed by atoms with E-state index in [0.29, 0.717) is 18.4 Å². The molecule has 0 aliphatic heterocycles. The average Bonchev–Trinajstić information content (AvgIpc) is 2.89. The number of aromatic nitrogens is 1. The lowest BCUT2D eigenvalue weighted by atomic mass is 9.97. The topological polar surface area (TPSA) is 67.3 Å². The van der Waals surface area contributed by atoms with Crippen LogP contribution in [0, 0.1) is 0 Å². The molecule has 1 aliphatic rings. The molecule has 4 nitrogen and oxygen atoms in total. The van der Waals surface area contributed by atoms with Crippen LogP contribution in [-0.2, 0) is 9.59 Å². The van der Waals surface area contributed by atoms with Gasteiger partial charge in [0, 0.05) is 24.4 Å². The second kappa shape index (κ2) is 5.93. The number of carboxylic acid groups (broad SMARTS) is 1. The van der Waals surface area contributed by atoms with Crippen molar-refractivity contribution in [1.82, 2.24) is 4.98 Å². The Morgan fingerprint density at radius 2 is 1.55 bits per heavy atom. The van der Waals surface area contributed by atoms with Crippen LogP contribution in [0.3, 0.4) is 0 Å². The second-order valence-corrected chi connectivity index (χ2v) is 5.26. The van der Waals surface area contributed by atoms with Gasteiger partial charge in [-0.05, 0) is 40.8 Å². The first kappa shape index (κ1) is 14.2. The highest BCUT2D eigenvalue weighted by Crippen LogP contribution is 2.34. The first-order chi connectivity index (χ1) is 10.6. The maximum Gasteiger partial charge on any atom is 0.307 e. The predicted molar refractivity (Wildman–Crippen MR) is 83.1 cm³/mol. The summed E-state index contributed by atoms with van der Waals surface area (Å²) in [6.07, 6.45) is 4.32. The molecule has 0 unspecified atom stereocenters. The number of carbonyl (C=O) groups is 2. The maximum absolute atomic E-state index is 11.9. The van der Waals surface area contributed by atoms with Crippen molar-refractivity contribution in [3.05, 3.63) is 59.9 Å². The summed E-state index contributed by atoms with van der Waals surface area (Å²) in [5.41, 5.74) is 4.39. The summed E-state index contributed by atoms with van der Waals surface area (Å²) in [5.74, 6) is -1.01. The number of nitrogens with zero attached hydrogens (tertiary/aromatic N) is 1. The fourth-order valence-electron chi connectivity index (χ4n) is 2.79. The molecule has 1 aromatic heterocycles. The van der Waals surface area contributed by atoms with E-state index in [9.17, 15) is 9.59 Å². The van der Waals surface area contributed by atoms with Crippen LogP contribution in [0.4, 0.5) is 0 Å². The highest BCUT2D eigenvalue weighted by molar-refractivity contribution is 6.09. The van der Waals surface area contributed by atoms with Crippen molar-refractivity contribution in [1.29, 1.82) is 0 Å². The average molecular weight is 293 g/mol. The fraction of sp³-hybridized carbons (Fsp3) is 0.167. The zero-order chi connectivity index (χ0) is 15.5. The Morgan fingerprint density at radius 1 is 0.955 bits per heavy atom. The molecule has 0 radical (unpaired) electrons. The largest absolute Gasteiger partial charge is 0.481 e. The molecule has 2 aromatic rings. The van der Waals surface area contributed by atoms with Crippen LogP contribution in [0.1, 0.15) is 24.8 Å². The number of ketones is 1. The lowest BCUT2D eigenvalue weighted by molar-refractivity contribution is -0.136. The minimum Gasteiger partial charge on any atom is -0.481 e. The molecular weight excluding hydrogens is 278 g/mol. The first-order valence-electron chi connectivity index (χ1n) is 7.13. The van der Waals surface area contributed by atoms with Crippen molar-refractivity contribution in [3.63, 3.8) is 0 Å². The molecule has 0 bridgehead atoms. The van der Waals surface area contributed by atoms with Crippen molar-refractivity contribution >= 4 is 17.3 Å². The molecule has 0 amide bonds. The van der Waals surface area contributed by atoms with E-state index in [-0.39, 0.29) is 12.2 Å². The third kappa shape index (κ3) is 2.81. The zero-order valence-corrected chi connectivity index (χ0v) is 12.0. The Balaban J connectivity index is 1.94. The van der Waals surface area contributed by atoms with E-state index in [4.69, 9.17) is 5.11 Å². The lowest BCUT2D eigenvalue weighted by Gasteiger charge is -2.07. The maximum atomic E-state index is 11.9. The number of Topliss-reactive ketones (excluding diaryl/α,β-unsaturated/α-hetero) is 1. The van der Waals surface area contributed by atoms with Crippen molar-refractivity contribution in [2.45, 2.75) is 19.3 Å². The minimum absolute atomic E-state index is 0.0457. The van der Waals surface area contributed by atoms with Crippen LogP contribution in [0.25, 0.3) is 16.7 Å². The predicted octanol–water partition coefficient (Wildman–Crippen LogP) is 3.34. The molecule has 1 aromatic carbocycles. The fourth-order valence-corrected chi connectivity index (χ4v) is 2.79. The quantitative estimate of drug-likeness (QED) is 0.938. The first-order valence-corrected chi connectivity index (χ1v) is 7.13. The van der Waals surface area contributed by atoms with Gasteiger partial charge in [-0.2, -0.15) is 0 Å². The van der Waals surface area contributed by atoms with Gasteiger partial charge in [-0.15, -0.1) is 0 Å². The van der Waals surface area contributed by atoms with Crippen molar-refractivity contribution in [2.75, 3.05) is 0 Å². The Bertz CT molecular complexity index is 746. The van der Waals surface area contributed by atoms with Crippen LogP contribution in [0.2, 0.25) is 0 Å². The van der Waals surface area contributed by atoms with Gasteiger partial charge in [0.1, 0.15) is 0 Å². The third-order valence-electron chi connectivity index (χ3n) is 3.88. The van der Waals surface area contributed by atoms with Gasteiger partial charge < -0.3 is 5.11 Å². The number of hydrogen-bond donors (Lipinski definition) is 1. The standard InChI is InChI=1S/C18H15NO3/c20-17-6-5-15(16(17)11-18(21)22)14-3-1-12(2-4-14)13-7-9-19-10-8-13/h1-4,7-10H,5-6,11H2,(H,21,22). The number of hydrogen-bond acceptors (Lipinski definition) is 3. The van der Waals surface area contributed by atoms with Crippen LogP contribution in [-0.4, -0.2) is 21.8 Å². The van der Waals surface area contributed by atoms with Crippen LogP contribution in [0.15, 0.2) is 54.4 Å². The zero-order valence-electron chi connectivity index (χ0n) is 12.0. The Morgan fingerprint density at radius 3 is 2.18 bits per heavy atom.